The van der Waals surface area contributed by atoms with Crippen LogP contribution in [0.1, 0.15) is 5.56 Å². The molecule has 170 valence electrons. The van der Waals surface area contributed by atoms with Crippen LogP contribution in [-0.2, 0) is 16.0 Å². The Labute approximate surface area is 215 Å². The molecular weight excluding hydrogens is 513 g/mol. The number of nitriles is 1. The van der Waals surface area contributed by atoms with E-state index in [2.05, 4.69) is 5.32 Å². The molecule has 0 unspecified atom stereocenters. The van der Waals surface area contributed by atoms with Gasteiger partial charge in [-0.3, -0.25) is 14.5 Å². The average Bonchev–Trinajstić information content (AvgIpc) is 3.14. The summed E-state index contributed by atoms with van der Waals surface area (Å²) in [5.74, 6) is -0.905. The Morgan fingerprint density at radius 2 is 1.68 bits per heavy atom. The van der Waals surface area contributed by atoms with E-state index in [4.69, 9.17) is 34.8 Å². The van der Waals surface area contributed by atoms with E-state index in [0.717, 1.165) is 5.56 Å². The van der Waals surface area contributed by atoms with E-state index in [9.17, 15) is 14.9 Å². The number of thioether (sulfide) groups is 1. The van der Waals surface area contributed by atoms with Gasteiger partial charge >= 0.3 is 0 Å². The van der Waals surface area contributed by atoms with Crippen LogP contribution in [0.15, 0.2) is 83.4 Å². The lowest BCUT2D eigenvalue weighted by Crippen LogP contribution is -2.30. The van der Waals surface area contributed by atoms with Crippen molar-refractivity contribution in [2.75, 3.05) is 10.2 Å². The van der Waals surface area contributed by atoms with Gasteiger partial charge in [0.25, 0.3) is 5.91 Å². The lowest BCUT2D eigenvalue weighted by atomic mass is 10.1. The highest BCUT2D eigenvalue weighted by molar-refractivity contribution is 8.05. The maximum Gasteiger partial charge on any atom is 0.269 e. The number of halogens is 3. The molecule has 1 atom stereocenters. The fourth-order valence-corrected chi connectivity index (χ4v) is 5.18. The largest absolute Gasteiger partial charge is 0.320 e. The minimum absolute atomic E-state index is 0.197. The number of benzene rings is 3. The van der Waals surface area contributed by atoms with Gasteiger partial charge in [0.15, 0.2) is 0 Å². The third-order valence-corrected chi connectivity index (χ3v) is 7.11. The molecule has 5 nitrogen and oxygen atoms in total. The summed E-state index contributed by atoms with van der Waals surface area (Å²) in [6.45, 7) is 0. The molecule has 0 radical (unpaired) electrons. The summed E-state index contributed by atoms with van der Waals surface area (Å²) < 4.78 is 0. The van der Waals surface area contributed by atoms with Crippen LogP contribution < -0.4 is 10.2 Å². The second-order valence-electron chi connectivity index (χ2n) is 7.32. The molecule has 1 aliphatic heterocycles. The first kappa shape index (κ1) is 24.2. The van der Waals surface area contributed by atoms with Crippen LogP contribution in [0.3, 0.4) is 0 Å². The lowest BCUT2D eigenvalue weighted by molar-refractivity contribution is -0.117. The van der Waals surface area contributed by atoms with Crippen molar-refractivity contribution < 1.29 is 9.59 Å². The van der Waals surface area contributed by atoms with Gasteiger partial charge in [-0.25, -0.2) is 0 Å². The third kappa shape index (κ3) is 5.24. The number of nitrogens with zero attached hydrogens (tertiary/aromatic N) is 2. The number of nitrogens with one attached hydrogen (secondary N) is 1. The highest BCUT2D eigenvalue weighted by Gasteiger charge is 2.40. The van der Waals surface area contributed by atoms with E-state index in [1.54, 1.807) is 48.5 Å². The standard InChI is InChI=1S/C25H16Cl3N3O2S/c26-16-8-6-15(7-9-16)12-22-24(33)31(18-4-2-1-3-5-18)25(34-22)19(14-29)23(32)30-21-13-17(27)10-11-20(21)28/h1-11,13,22H,12H2,(H,30,32)/b25-19-/t22-/m0/s1. The predicted molar refractivity (Wildman–Crippen MR) is 138 cm³/mol. The smallest absolute Gasteiger partial charge is 0.269 e. The maximum absolute atomic E-state index is 13.5. The number of rotatable bonds is 5. The summed E-state index contributed by atoms with van der Waals surface area (Å²) in [7, 11) is 0. The molecule has 1 heterocycles. The van der Waals surface area contributed by atoms with Gasteiger partial charge in [-0.2, -0.15) is 5.26 Å². The second-order valence-corrected chi connectivity index (χ2v) is 9.79. The maximum atomic E-state index is 13.5. The zero-order chi connectivity index (χ0) is 24.2. The molecule has 3 aromatic rings. The molecule has 1 saturated heterocycles. The molecule has 34 heavy (non-hydrogen) atoms. The normalized spacial score (nSPS) is 16.8. The van der Waals surface area contributed by atoms with Gasteiger partial charge < -0.3 is 5.32 Å². The van der Waals surface area contributed by atoms with Crippen LogP contribution >= 0.6 is 46.6 Å². The number of carbonyl (C=O) groups is 2. The van der Waals surface area contributed by atoms with E-state index < -0.39 is 11.2 Å². The van der Waals surface area contributed by atoms with E-state index in [-0.39, 0.29) is 27.2 Å². The van der Waals surface area contributed by atoms with Crippen molar-refractivity contribution in [3.8, 4) is 6.07 Å². The molecule has 0 aliphatic carbocycles. The predicted octanol–water partition coefficient (Wildman–Crippen LogP) is 6.71. The Kier molecular flexibility index (Phi) is 7.50. The molecule has 0 bridgehead atoms. The van der Waals surface area contributed by atoms with Crippen molar-refractivity contribution in [2.45, 2.75) is 11.7 Å². The van der Waals surface area contributed by atoms with Crippen LogP contribution in [0, 0.1) is 11.3 Å². The molecule has 1 aliphatic rings. The lowest BCUT2D eigenvalue weighted by Gasteiger charge is -2.18. The Hall–Kier alpha value is -2.95. The molecule has 0 aromatic heterocycles. The van der Waals surface area contributed by atoms with Crippen LogP contribution in [-0.4, -0.2) is 17.1 Å². The van der Waals surface area contributed by atoms with Crippen LogP contribution in [0.25, 0.3) is 0 Å². The van der Waals surface area contributed by atoms with E-state index >= 15 is 0 Å². The number of para-hydroxylation sites is 1. The first-order valence-corrected chi connectivity index (χ1v) is 12.1. The van der Waals surface area contributed by atoms with Crippen molar-refractivity contribution in [2.24, 2.45) is 0 Å². The van der Waals surface area contributed by atoms with Crippen molar-refractivity contribution in [3.05, 3.63) is 104 Å². The van der Waals surface area contributed by atoms with Crippen molar-refractivity contribution in [3.63, 3.8) is 0 Å². The summed E-state index contributed by atoms with van der Waals surface area (Å²) in [5.41, 5.74) is 1.55. The summed E-state index contributed by atoms with van der Waals surface area (Å²) in [6, 6.07) is 22.7. The van der Waals surface area contributed by atoms with E-state index in [0.29, 0.717) is 22.2 Å². The van der Waals surface area contributed by atoms with Crippen molar-refractivity contribution in [1.82, 2.24) is 0 Å². The highest BCUT2D eigenvalue weighted by Crippen LogP contribution is 2.42. The zero-order valence-electron chi connectivity index (χ0n) is 17.5. The van der Waals surface area contributed by atoms with Crippen LogP contribution in [0.4, 0.5) is 11.4 Å². The number of carbonyl (C=O) groups excluding carboxylic acids is 2. The number of hydrogen-bond donors (Lipinski definition) is 1. The van der Waals surface area contributed by atoms with Gasteiger partial charge in [-0.15, -0.1) is 0 Å². The molecule has 3 aromatic carbocycles. The minimum Gasteiger partial charge on any atom is -0.320 e. The fourth-order valence-electron chi connectivity index (χ4n) is 3.41. The molecule has 0 spiro atoms. The average molecular weight is 529 g/mol. The van der Waals surface area contributed by atoms with Crippen LogP contribution in [0.5, 0.6) is 0 Å². The number of amides is 2. The number of hydrogen-bond acceptors (Lipinski definition) is 4. The van der Waals surface area contributed by atoms with Gasteiger partial charge in [0.2, 0.25) is 5.91 Å². The molecule has 1 fully saturated rings. The second kappa shape index (κ2) is 10.5. The van der Waals surface area contributed by atoms with Crippen LogP contribution in [0.2, 0.25) is 15.1 Å². The Morgan fingerprint density at radius 1 is 1.00 bits per heavy atom. The highest BCUT2D eigenvalue weighted by atomic mass is 35.5. The molecule has 0 saturated carbocycles. The number of anilines is 2. The minimum atomic E-state index is -0.685. The summed E-state index contributed by atoms with van der Waals surface area (Å²) in [5, 5.41) is 13.5. The fraction of sp³-hybridized carbons (Fsp3) is 0.0800. The first-order chi connectivity index (χ1) is 16.4. The van der Waals surface area contributed by atoms with Gasteiger partial charge in [0.05, 0.1) is 16.0 Å². The van der Waals surface area contributed by atoms with E-state index in [1.807, 2.05) is 24.3 Å². The van der Waals surface area contributed by atoms with Gasteiger partial charge in [-0.05, 0) is 54.4 Å². The molecule has 1 N–H and O–H groups in total. The summed E-state index contributed by atoms with van der Waals surface area (Å²) in [6.07, 6.45) is 0.411. The quantitative estimate of drug-likeness (QED) is 0.295. The first-order valence-electron chi connectivity index (χ1n) is 10.1. The molecule has 9 heteroatoms. The Balaban J connectivity index is 1.72. The van der Waals surface area contributed by atoms with Gasteiger partial charge in [-0.1, -0.05) is 76.9 Å². The van der Waals surface area contributed by atoms with Crippen molar-refractivity contribution in [1.29, 1.82) is 5.26 Å². The third-order valence-electron chi connectivity index (χ3n) is 5.03. The Morgan fingerprint density at radius 3 is 2.35 bits per heavy atom. The summed E-state index contributed by atoms with van der Waals surface area (Å²) in [4.78, 5) is 28.0. The summed E-state index contributed by atoms with van der Waals surface area (Å²) >= 11 is 19.3. The Bertz CT molecular complexity index is 1320. The van der Waals surface area contributed by atoms with E-state index in [1.165, 1.54) is 22.7 Å². The SMILES string of the molecule is N#C/C(C(=O)Nc1cc(Cl)ccc1Cl)=C1/S[C@@H](Cc2ccc(Cl)cc2)C(=O)N1c1ccccc1. The molecular formula is C25H16Cl3N3O2S. The van der Waals surface area contributed by atoms with Gasteiger partial charge in [0.1, 0.15) is 16.7 Å². The molecule has 4 rings (SSSR count). The van der Waals surface area contributed by atoms with Crippen molar-refractivity contribution >= 4 is 69.8 Å². The van der Waals surface area contributed by atoms with Gasteiger partial charge in [0, 0.05) is 15.7 Å². The monoisotopic (exact) mass is 527 g/mol. The zero-order valence-corrected chi connectivity index (χ0v) is 20.6. The topological polar surface area (TPSA) is 73.2 Å². The molecule has 2 amide bonds.